The highest BCUT2D eigenvalue weighted by molar-refractivity contribution is 5.35. The Kier molecular flexibility index (Phi) is 4.44. The fraction of sp³-hybridized carbons (Fsp3) is 0.125. The summed E-state index contributed by atoms with van der Waals surface area (Å²) in [5, 5.41) is 20.8. The van der Waals surface area contributed by atoms with Gasteiger partial charge in [-0.3, -0.25) is 0 Å². The first-order chi connectivity index (χ1) is 9.72. The lowest BCUT2D eigenvalue weighted by Crippen LogP contribution is -2.13. The Morgan fingerprint density at radius 3 is 2.40 bits per heavy atom. The van der Waals surface area contributed by atoms with Gasteiger partial charge in [0.2, 0.25) is 0 Å². The summed E-state index contributed by atoms with van der Waals surface area (Å²) in [7, 11) is 0. The van der Waals surface area contributed by atoms with Gasteiger partial charge in [0.25, 0.3) is 0 Å². The quantitative estimate of drug-likeness (QED) is 0.924. The highest BCUT2D eigenvalue weighted by Crippen LogP contribution is 2.10. The minimum atomic E-state index is -0.502. The largest absolute Gasteiger partial charge is 0.309 e. The van der Waals surface area contributed by atoms with Crippen molar-refractivity contribution < 1.29 is 4.39 Å². The number of hydrogen-bond acceptors (Lipinski definition) is 3. The third-order valence-electron chi connectivity index (χ3n) is 2.87. The van der Waals surface area contributed by atoms with Crippen molar-refractivity contribution in [2.24, 2.45) is 0 Å². The highest BCUT2D eigenvalue weighted by atomic mass is 19.1. The monoisotopic (exact) mass is 265 g/mol. The van der Waals surface area contributed by atoms with E-state index >= 15 is 0 Å². The zero-order chi connectivity index (χ0) is 14.4. The smallest absolute Gasteiger partial charge is 0.140 e. The molecular formula is C16H12FN3. The van der Waals surface area contributed by atoms with Gasteiger partial charge in [0.15, 0.2) is 0 Å². The maximum Gasteiger partial charge on any atom is 0.140 e. The Bertz CT molecular complexity index is 696. The SMILES string of the molecule is N#Cc1cccc(CNCc2ccc(F)c(C#N)c2)c1. The van der Waals surface area contributed by atoms with E-state index in [9.17, 15) is 4.39 Å². The van der Waals surface area contributed by atoms with E-state index in [-0.39, 0.29) is 5.56 Å². The van der Waals surface area contributed by atoms with Crippen molar-refractivity contribution in [3.8, 4) is 12.1 Å². The Morgan fingerprint density at radius 2 is 1.70 bits per heavy atom. The van der Waals surface area contributed by atoms with Crippen LogP contribution in [0.5, 0.6) is 0 Å². The first-order valence-corrected chi connectivity index (χ1v) is 6.11. The van der Waals surface area contributed by atoms with Crippen LogP contribution in [-0.2, 0) is 13.1 Å². The molecule has 0 saturated carbocycles. The molecule has 2 aromatic rings. The van der Waals surface area contributed by atoms with E-state index in [2.05, 4.69) is 11.4 Å². The first-order valence-electron chi connectivity index (χ1n) is 6.11. The van der Waals surface area contributed by atoms with Gasteiger partial charge < -0.3 is 5.32 Å². The fourth-order valence-electron chi connectivity index (χ4n) is 1.87. The molecule has 1 N–H and O–H groups in total. The lowest BCUT2D eigenvalue weighted by Gasteiger charge is -2.06. The minimum Gasteiger partial charge on any atom is -0.309 e. The van der Waals surface area contributed by atoms with Crippen LogP contribution in [0.25, 0.3) is 0 Å². The lowest BCUT2D eigenvalue weighted by atomic mass is 10.1. The van der Waals surface area contributed by atoms with Gasteiger partial charge in [-0.25, -0.2) is 4.39 Å². The van der Waals surface area contributed by atoms with Gasteiger partial charge in [0, 0.05) is 13.1 Å². The minimum absolute atomic E-state index is 0.0516. The van der Waals surface area contributed by atoms with E-state index in [1.807, 2.05) is 24.3 Å². The second-order valence-corrected chi connectivity index (χ2v) is 4.34. The normalized spacial score (nSPS) is 9.75. The van der Waals surface area contributed by atoms with Gasteiger partial charge in [0.1, 0.15) is 11.9 Å². The van der Waals surface area contributed by atoms with Gasteiger partial charge in [0.05, 0.1) is 17.2 Å². The third-order valence-corrected chi connectivity index (χ3v) is 2.87. The fourth-order valence-corrected chi connectivity index (χ4v) is 1.87. The second kappa shape index (κ2) is 6.47. The molecule has 0 fully saturated rings. The zero-order valence-corrected chi connectivity index (χ0v) is 10.7. The van der Waals surface area contributed by atoms with Crippen molar-refractivity contribution in [3.63, 3.8) is 0 Å². The summed E-state index contributed by atoms with van der Waals surface area (Å²) in [6.07, 6.45) is 0. The van der Waals surface area contributed by atoms with Crippen LogP contribution in [-0.4, -0.2) is 0 Å². The molecule has 0 bridgehead atoms. The van der Waals surface area contributed by atoms with Gasteiger partial charge in [-0.2, -0.15) is 10.5 Å². The maximum atomic E-state index is 13.2. The van der Waals surface area contributed by atoms with Crippen LogP contribution in [0, 0.1) is 28.5 Å². The number of hydrogen-bond donors (Lipinski definition) is 1. The Hall–Kier alpha value is -2.69. The first kappa shape index (κ1) is 13.7. The molecule has 0 amide bonds. The molecule has 2 rings (SSSR count). The molecule has 2 aromatic carbocycles. The van der Waals surface area contributed by atoms with E-state index in [0.717, 1.165) is 11.1 Å². The summed E-state index contributed by atoms with van der Waals surface area (Å²) in [6, 6.07) is 15.7. The van der Waals surface area contributed by atoms with E-state index in [1.54, 1.807) is 12.1 Å². The van der Waals surface area contributed by atoms with Crippen LogP contribution in [0.1, 0.15) is 22.3 Å². The van der Waals surface area contributed by atoms with Crippen LogP contribution >= 0.6 is 0 Å². The number of halogens is 1. The number of benzene rings is 2. The average Bonchev–Trinajstić information content (AvgIpc) is 2.49. The van der Waals surface area contributed by atoms with Crippen molar-refractivity contribution in [2.45, 2.75) is 13.1 Å². The topological polar surface area (TPSA) is 59.6 Å². The van der Waals surface area contributed by atoms with Crippen molar-refractivity contribution in [1.29, 1.82) is 10.5 Å². The van der Waals surface area contributed by atoms with Crippen LogP contribution in [0.15, 0.2) is 42.5 Å². The molecule has 4 heteroatoms. The van der Waals surface area contributed by atoms with Crippen LogP contribution in [0.3, 0.4) is 0 Å². The van der Waals surface area contributed by atoms with Crippen LogP contribution in [0.4, 0.5) is 4.39 Å². The summed E-state index contributed by atoms with van der Waals surface area (Å²) in [5.41, 5.74) is 2.53. The molecule has 0 aromatic heterocycles. The summed E-state index contributed by atoms with van der Waals surface area (Å²) in [6.45, 7) is 1.14. The van der Waals surface area contributed by atoms with E-state index in [0.29, 0.717) is 18.7 Å². The predicted octanol–water partition coefficient (Wildman–Crippen LogP) is 2.86. The van der Waals surface area contributed by atoms with E-state index in [4.69, 9.17) is 10.5 Å². The summed E-state index contributed by atoms with van der Waals surface area (Å²) >= 11 is 0. The van der Waals surface area contributed by atoms with Crippen molar-refractivity contribution in [1.82, 2.24) is 5.32 Å². The molecule has 0 saturated heterocycles. The van der Waals surface area contributed by atoms with Crippen molar-refractivity contribution in [2.75, 3.05) is 0 Å². The number of nitrogens with zero attached hydrogens (tertiary/aromatic N) is 2. The number of nitriles is 2. The zero-order valence-electron chi connectivity index (χ0n) is 10.7. The van der Waals surface area contributed by atoms with Gasteiger partial charge in [-0.1, -0.05) is 18.2 Å². The van der Waals surface area contributed by atoms with E-state index in [1.165, 1.54) is 12.1 Å². The van der Waals surface area contributed by atoms with Crippen LogP contribution in [0.2, 0.25) is 0 Å². The summed E-state index contributed by atoms with van der Waals surface area (Å²) in [4.78, 5) is 0. The molecule has 0 heterocycles. The molecule has 0 aliphatic heterocycles. The van der Waals surface area contributed by atoms with Crippen LogP contribution < -0.4 is 5.32 Å². The molecule has 98 valence electrons. The van der Waals surface area contributed by atoms with E-state index < -0.39 is 5.82 Å². The highest BCUT2D eigenvalue weighted by Gasteiger charge is 2.02. The summed E-state index contributed by atoms with van der Waals surface area (Å²) < 4.78 is 13.2. The molecular weight excluding hydrogens is 253 g/mol. The van der Waals surface area contributed by atoms with Gasteiger partial charge in [-0.05, 0) is 35.4 Å². The lowest BCUT2D eigenvalue weighted by molar-refractivity contribution is 0.621. The average molecular weight is 265 g/mol. The Balaban J connectivity index is 1.96. The Labute approximate surface area is 116 Å². The second-order valence-electron chi connectivity index (χ2n) is 4.34. The predicted molar refractivity (Wildman–Crippen MR) is 72.8 cm³/mol. The standard InChI is InChI=1S/C16H12FN3/c17-16-5-4-14(7-15(16)9-19)11-20-10-13-3-1-2-12(6-13)8-18/h1-7,20H,10-11H2. The van der Waals surface area contributed by atoms with Gasteiger partial charge >= 0.3 is 0 Å². The molecule has 0 spiro atoms. The maximum absolute atomic E-state index is 13.2. The van der Waals surface area contributed by atoms with Crippen molar-refractivity contribution in [3.05, 3.63) is 70.5 Å². The van der Waals surface area contributed by atoms with Gasteiger partial charge in [-0.15, -0.1) is 0 Å². The molecule has 0 radical (unpaired) electrons. The molecule has 20 heavy (non-hydrogen) atoms. The third kappa shape index (κ3) is 3.41. The Morgan fingerprint density at radius 1 is 0.950 bits per heavy atom. The molecule has 0 atom stereocenters. The summed E-state index contributed by atoms with van der Waals surface area (Å²) in [5.74, 6) is -0.502. The number of rotatable bonds is 4. The molecule has 0 aliphatic carbocycles. The number of nitrogens with one attached hydrogen (secondary N) is 1. The molecule has 3 nitrogen and oxygen atoms in total. The molecule has 0 unspecified atom stereocenters. The van der Waals surface area contributed by atoms with Crippen molar-refractivity contribution >= 4 is 0 Å². The molecule has 0 aliphatic rings.